The van der Waals surface area contributed by atoms with Gasteiger partial charge in [-0.1, -0.05) is 17.4 Å². The summed E-state index contributed by atoms with van der Waals surface area (Å²) in [6.07, 6.45) is -0.484. The molecule has 3 rings (SSSR count). The van der Waals surface area contributed by atoms with Gasteiger partial charge in [-0.25, -0.2) is 14.6 Å². The summed E-state index contributed by atoms with van der Waals surface area (Å²) in [5.74, 6) is 0.572. The van der Waals surface area contributed by atoms with Crippen LogP contribution in [0.5, 0.6) is 5.75 Å². The summed E-state index contributed by atoms with van der Waals surface area (Å²) >= 11 is 1.29. The lowest BCUT2D eigenvalue weighted by molar-refractivity contribution is 0.0489. The number of aromatic nitrogens is 1. The van der Waals surface area contributed by atoms with Crippen LogP contribution in [-0.2, 0) is 9.47 Å². The van der Waals surface area contributed by atoms with Gasteiger partial charge in [-0.15, -0.1) is 0 Å². The fourth-order valence-electron chi connectivity index (χ4n) is 2.83. The van der Waals surface area contributed by atoms with E-state index in [1.54, 1.807) is 63.2 Å². The van der Waals surface area contributed by atoms with Crippen LogP contribution in [0.4, 0.5) is 20.4 Å². The Morgan fingerprint density at radius 1 is 1.09 bits per heavy atom. The summed E-state index contributed by atoms with van der Waals surface area (Å²) in [6, 6.07) is 13.8. The highest BCUT2D eigenvalue weighted by atomic mass is 32.1. The molecule has 10 nitrogen and oxygen atoms in total. The van der Waals surface area contributed by atoms with Crippen molar-refractivity contribution in [3.05, 3.63) is 48.0 Å². The van der Waals surface area contributed by atoms with Crippen LogP contribution in [0.15, 0.2) is 42.5 Å². The summed E-state index contributed by atoms with van der Waals surface area (Å²) in [4.78, 5) is 28.3. The van der Waals surface area contributed by atoms with E-state index in [0.29, 0.717) is 54.0 Å². The summed E-state index contributed by atoms with van der Waals surface area (Å²) in [6.45, 7) is 6.69. The minimum Gasteiger partial charge on any atom is -0.491 e. The number of thiazole rings is 1. The third-order valence-electron chi connectivity index (χ3n) is 4.24. The van der Waals surface area contributed by atoms with Crippen molar-refractivity contribution < 1.29 is 23.8 Å². The molecule has 0 saturated heterocycles. The van der Waals surface area contributed by atoms with Crippen molar-refractivity contribution in [2.24, 2.45) is 0 Å². The van der Waals surface area contributed by atoms with E-state index in [9.17, 15) is 9.59 Å². The van der Waals surface area contributed by atoms with Crippen molar-refractivity contribution in [1.29, 1.82) is 5.26 Å². The number of nitrogens with zero attached hydrogens (tertiary/aromatic N) is 2. The van der Waals surface area contributed by atoms with Crippen LogP contribution in [0, 0.1) is 11.3 Å². The van der Waals surface area contributed by atoms with E-state index >= 15 is 0 Å². The first kappa shape index (κ1) is 25.7. The molecule has 0 aliphatic heterocycles. The van der Waals surface area contributed by atoms with E-state index in [1.165, 1.54) is 11.3 Å². The Hall–Kier alpha value is -3.88. The summed E-state index contributed by atoms with van der Waals surface area (Å²) in [5, 5.41) is 17.5. The first-order valence-electron chi connectivity index (χ1n) is 10.9. The standard InChI is InChI=1S/C24H27N5O5S/c1-24(2,3)34-23(31)26-9-10-32-11-12-33-18-6-4-5-17(14-18)27-21(30)29-22-28-19-8-7-16(15-25)13-20(19)35-22/h4-8,13-14H,9-12H2,1-3H3,(H,26,31)(H2,27,28,29,30). The highest BCUT2D eigenvalue weighted by Crippen LogP contribution is 2.27. The summed E-state index contributed by atoms with van der Waals surface area (Å²) in [7, 11) is 0. The first-order valence-corrected chi connectivity index (χ1v) is 11.7. The second-order valence-corrected chi connectivity index (χ2v) is 9.34. The number of amides is 3. The predicted octanol–water partition coefficient (Wildman–Crippen LogP) is 4.73. The minimum atomic E-state index is -0.540. The Labute approximate surface area is 207 Å². The number of nitriles is 1. The van der Waals surface area contributed by atoms with Gasteiger partial charge in [0.1, 0.15) is 18.0 Å². The largest absolute Gasteiger partial charge is 0.491 e. The van der Waals surface area contributed by atoms with Crippen LogP contribution in [0.1, 0.15) is 26.3 Å². The number of fused-ring (bicyclic) bond motifs is 1. The number of hydrogen-bond donors (Lipinski definition) is 3. The fraction of sp³-hybridized carbons (Fsp3) is 0.333. The lowest BCUT2D eigenvalue weighted by atomic mass is 10.2. The number of benzene rings is 2. The molecule has 0 aliphatic rings. The molecule has 0 saturated carbocycles. The number of rotatable bonds is 9. The van der Waals surface area contributed by atoms with Gasteiger partial charge in [-0.3, -0.25) is 5.32 Å². The van der Waals surface area contributed by atoms with Gasteiger partial charge in [0.25, 0.3) is 0 Å². The molecule has 0 spiro atoms. The van der Waals surface area contributed by atoms with Gasteiger partial charge in [0.15, 0.2) is 5.13 Å². The molecule has 1 aromatic heterocycles. The van der Waals surface area contributed by atoms with Gasteiger partial charge in [-0.05, 0) is 51.1 Å². The second kappa shape index (κ2) is 12.0. The van der Waals surface area contributed by atoms with Crippen LogP contribution in [0.2, 0.25) is 0 Å². The fourth-order valence-corrected chi connectivity index (χ4v) is 3.73. The Morgan fingerprint density at radius 3 is 2.69 bits per heavy atom. The third kappa shape index (κ3) is 8.77. The number of urea groups is 1. The van der Waals surface area contributed by atoms with Gasteiger partial charge in [-0.2, -0.15) is 5.26 Å². The third-order valence-corrected chi connectivity index (χ3v) is 5.17. The molecule has 0 fully saturated rings. The molecule has 3 aromatic rings. The van der Waals surface area contributed by atoms with Crippen LogP contribution in [-0.4, -0.2) is 49.1 Å². The van der Waals surface area contributed by atoms with Crippen molar-refractivity contribution in [2.45, 2.75) is 26.4 Å². The van der Waals surface area contributed by atoms with E-state index in [-0.39, 0.29) is 0 Å². The average Bonchev–Trinajstić information content (AvgIpc) is 3.18. The normalized spacial score (nSPS) is 10.9. The molecular formula is C24H27N5O5S. The molecule has 35 heavy (non-hydrogen) atoms. The van der Waals surface area contributed by atoms with E-state index in [1.807, 2.05) is 0 Å². The Balaban J connectivity index is 1.38. The monoisotopic (exact) mass is 497 g/mol. The Bertz CT molecular complexity index is 1210. The van der Waals surface area contributed by atoms with Crippen molar-refractivity contribution in [3.8, 4) is 11.8 Å². The van der Waals surface area contributed by atoms with E-state index in [2.05, 4.69) is 27.0 Å². The topological polar surface area (TPSA) is 135 Å². The van der Waals surface area contributed by atoms with Crippen molar-refractivity contribution >= 4 is 44.5 Å². The van der Waals surface area contributed by atoms with E-state index in [4.69, 9.17) is 19.5 Å². The first-order chi connectivity index (χ1) is 16.7. The molecule has 0 unspecified atom stereocenters. The number of nitrogens with one attached hydrogen (secondary N) is 3. The lowest BCUT2D eigenvalue weighted by Crippen LogP contribution is -2.34. The molecule has 0 bridgehead atoms. The zero-order valence-corrected chi connectivity index (χ0v) is 20.5. The van der Waals surface area contributed by atoms with E-state index < -0.39 is 17.7 Å². The number of carbonyl (C=O) groups excluding carboxylic acids is 2. The molecule has 2 aromatic carbocycles. The summed E-state index contributed by atoms with van der Waals surface area (Å²) < 4.78 is 17.1. The molecule has 1 heterocycles. The van der Waals surface area contributed by atoms with Crippen LogP contribution in [0.3, 0.4) is 0 Å². The second-order valence-electron chi connectivity index (χ2n) is 8.31. The lowest BCUT2D eigenvalue weighted by Gasteiger charge is -2.19. The van der Waals surface area contributed by atoms with Gasteiger partial charge < -0.3 is 24.8 Å². The quantitative estimate of drug-likeness (QED) is 0.364. The minimum absolute atomic E-state index is 0.304. The highest BCUT2D eigenvalue weighted by molar-refractivity contribution is 7.22. The Morgan fingerprint density at radius 2 is 1.91 bits per heavy atom. The SMILES string of the molecule is CC(C)(C)OC(=O)NCCOCCOc1cccc(NC(=O)Nc2nc3ccc(C#N)cc3s2)c1. The van der Waals surface area contributed by atoms with Crippen molar-refractivity contribution in [1.82, 2.24) is 10.3 Å². The van der Waals surface area contributed by atoms with Crippen LogP contribution < -0.4 is 20.7 Å². The molecule has 0 radical (unpaired) electrons. The number of hydrogen-bond acceptors (Lipinski definition) is 8. The molecular weight excluding hydrogens is 470 g/mol. The molecule has 11 heteroatoms. The highest BCUT2D eigenvalue weighted by Gasteiger charge is 2.15. The van der Waals surface area contributed by atoms with Gasteiger partial charge in [0.2, 0.25) is 0 Å². The maximum absolute atomic E-state index is 12.4. The molecule has 184 valence electrons. The molecule has 3 N–H and O–H groups in total. The van der Waals surface area contributed by atoms with Crippen LogP contribution >= 0.6 is 11.3 Å². The zero-order chi connectivity index (χ0) is 25.3. The zero-order valence-electron chi connectivity index (χ0n) is 19.7. The molecule has 0 aliphatic carbocycles. The Kier molecular flexibility index (Phi) is 8.83. The maximum Gasteiger partial charge on any atom is 0.407 e. The molecule has 3 amide bonds. The number of anilines is 2. The summed E-state index contributed by atoms with van der Waals surface area (Å²) in [5.41, 5.74) is 1.26. The van der Waals surface area contributed by atoms with Crippen molar-refractivity contribution in [2.75, 3.05) is 37.0 Å². The molecule has 0 atom stereocenters. The van der Waals surface area contributed by atoms with E-state index in [0.717, 1.165) is 4.70 Å². The maximum atomic E-state index is 12.4. The average molecular weight is 498 g/mol. The smallest absolute Gasteiger partial charge is 0.407 e. The van der Waals surface area contributed by atoms with Gasteiger partial charge in [0.05, 0.1) is 35.1 Å². The van der Waals surface area contributed by atoms with Gasteiger partial charge >= 0.3 is 12.1 Å². The number of carbonyl (C=O) groups is 2. The van der Waals surface area contributed by atoms with Gasteiger partial charge in [0, 0.05) is 18.3 Å². The van der Waals surface area contributed by atoms with Crippen LogP contribution in [0.25, 0.3) is 10.2 Å². The predicted molar refractivity (Wildman–Crippen MR) is 134 cm³/mol. The van der Waals surface area contributed by atoms with Crippen molar-refractivity contribution in [3.63, 3.8) is 0 Å². The number of ether oxygens (including phenoxy) is 3. The number of alkyl carbamates (subject to hydrolysis) is 1.